The van der Waals surface area contributed by atoms with Crippen LogP contribution in [-0.2, 0) is 14.3 Å². The van der Waals surface area contributed by atoms with E-state index in [1.807, 2.05) is 13.8 Å². The minimum Gasteiger partial charge on any atom is -0.480 e. The summed E-state index contributed by atoms with van der Waals surface area (Å²) in [6.07, 6.45) is 1.82. The van der Waals surface area contributed by atoms with Crippen molar-refractivity contribution in [3.63, 3.8) is 0 Å². The summed E-state index contributed by atoms with van der Waals surface area (Å²) < 4.78 is 10.0. The number of carbonyl (C=O) groups is 2. The van der Waals surface area contributed by atoms with E-state index >= 15 is 0 Å². The van der Waals surface area contributed by atoms with Gasteiger partial charge >= 0.3 is 5.97 Å². The standard InChI is InChI=1S/C15H18Cl3NO4/c1-3-4-9(2)19-14(20)7-23-15(21)8-22-13-6-11(17)10(16)5-12(13)18/h5-6,9H,3-4,7-8H2,1-2H3,(H,19,20). The number of hydrogen-bond donors (Lipinski definition) is 1. The second-order valence-electron chi connectivity index (χ2n) is 4.90. The minimum atomic E-state index is -0.689. The molecule has 0 aliphatic rings. The molecule has 5 nitrogen and oxygen atoms in total. The molecule has 0 aliphatic carbocycles. The van der Waals surface area contributed by atoms with E-state index in [1.54, 1.807) is 0 Å². The van der Waals surface area contributed by atoms with Crippen molar-refractivity contribution in [1.82, 2.24) is 5.32 Å². The second-order valence-corrected chi connectivity index (χ2v) is 6.12. The molecule has 23 heavy (non-hydrogen) atoms. The van der Waals surface area contributed by atoms with Gasteiger partial charge < -0.3 is 14.8 Å². The van der Waals surface area contributed by atoms with Crippen molar-refractivity contribution in [2.75, 3.05) is 13.2 Å². The van der Waals surface area contributed by atoms with Crippen LogP contribution in [0.3, 0.4) is 0 Å². The van der Waals surface area contributed by atoms with Crippen LogP contribution in [0.15, 0.2) is 12.1 Å². The Morgan fingerprint density at radius 3 is 2.43 bits per heavy atom. The summed E-state index contributed by atoms with van der Waals surface area (Å²) in [6, 6.07) is 2.85. The second kappa shape index (κ2) is 9.85. The molecule has 1 N–H and O–H groups in total. The fourth-order valence-corrected chi connectivity index (χ4v) is 2.35. The van der Waals surface area contributed by atoms with Crippen molar-refractivity contribution in [3.05, 3.63) is 27.2 Å². The molecule has 8 heteroatoms. The van der Waals surface area contributed by atoms with Crippen molar-refractivity contribution in [3.8, 4) is 5.75 Å². The third-order valence-corrected chi connectivity index (χ3v) is 3.83. The minimum absolute atomic E-state index is 0.0393. The maximum Gasteiger partial charge on any atom is 0.344 e. The van der Waals surface area contributed by atoms with Crippen molar-refractivity contribution in [2.45, 2.75) is 32.7 Å². The Balaban J connectivity index is 2.37. The van der Waals surface area contributed by atoms with Crippen molar-refractivity contribution < 1.29 is 19.1 Å². The van der Waals surface area contributed by atoms with Crippen molar-refractivity contribution in [1.29, 1.82) is 0 Å². The molecule has 0 aliphatic heterocycles. The molecule has 0 saturated heterocycles. The van der Waals surface area contributed by atoms with Gasteiger partial charge in [0.05, 0.1) is 15.1 Å². The lowest BCUT2D eigenvalue weighted by Gasteiger charge is -2.13. The number of ether oxygens (including phenoxy) is 2. The summed E-state index contributed by atoms with van der Waals surface area (Å²) in [5.41, 5.74) is 0. The Kier molecular flexibility index (Phi) is 8.52. The molecule has 1 atom stereocenters. The van der Waals surface area contributed by atoms with Crippen LogP contribution in [-0.4, -0.2) is 31.1 Å². The van der Waals surface area contributed by atoms with Gasteiger partial charge in [-0.05, 0) is 19.4 Å². The van der Waals surface area contributed by atoms with Gasteiger partial charge in [0.25, 0.3) is 5.91 Å². The number of esters is 1. The predicted octanol–water partition coefficient (Wildman–Crippen LogP) is 3.87. The number of hydrogen-bond acceptors (Lipinski definition) is 4. The molecule has 0 heterocycles. The zero-order chi connectivity index (χ0) is 17.4. The van der Waals surface area contributed by atoms with Gasteiger partial charge in [-0.1, -0.05) is 48.1 Å². The third kappa shape index (κ3) is 7.29. The van der Waals surface area contributed by atoms with E-state index in [9.17, 15) is 9.59 Å². The van der Waals surface area contributed by atoms with Crippen LogP contribution in [0.5, 0.6) is 5.75 Å². The zero-order valence-electron chi connectivity index (χ0n) is 12.8. The summed E-state index contributed by atoms with van der Waals surface area (Å²) >= 11 is 17.5. The Labute approximate surface area is 150 Å². The fourth-order valence-electron chi connectivity index (χ4n) is 1.76. The lowest BCUT2D eigenvalue weighted by molar-refractivity contribution is -0.150. The largest absolute Gasteiger partial charge is 0.480 e. The first-order valence-corrected chi connectivity index (χ1v) is 8.19. The number of halogens is 3. The topological polar surface area (TPSA) is 64.6 Å². The van der Waals surface area contributed by atoms with Crippen LogP contribution in [0.4, 0.5) is 0 Å². The Morgan fingerprint density at radius 1 is 1.13 bits per heavy atom. The van der Waals surface area contributed by atoms with E-state index in [0.29, 0.717) is 0 Å². The highest BCUT2D eigenvalue weighted by Crippen LogP contribution is 2.33. The van der Waals surface area contributed by atoms with E-state index < -0.39 is 12.6 Å². The van der Waals surface area contributed by atoms with Gasteiger partial charge in [0.2, 0.25) is 0 Å². The third-order valence-electron chi connectivity index (χ3n) is 2.81. The van der Waals surface area contributed by atoms with Gasteiger partial charge in [-0.15, -0.1) is 0 Å². The maximum absolute atomic E-state index is 11.6. The van der Waals surface area contributed by atoms with Crippen LogP contribution in [0.2, 0.25) is 15.1 Å². The molecule has 1 rings (SSSR count). The number of benzene rings is 1. The van der Waals surface area contributed by atoms with Gasteiger partial charge in [0, 0.05) is 12.1 Å². The molecule has 1 aromatic carbocycles. The molecule has 1 unspecified atom stereocenters. The van der Waals surface area contributed by atoms with Gasteiger partial charge in [-0.2, -0.15) is 0 Å². The molecule has 1 amide bonds. The molecule has 0 bridgehead atoms. The average molecular weight is 383 g/mol. The quantitative estimate of drug-likeness (QED) is 0.547. The van der Waals surface area contributed by atoms with Crippen molar-refractivity contribution >= 4 is 46.7 Å². The van der Waals surface area contributed by atoms with Crippen LogP contribution >= 0.6 is 34.8 Å². The fraction of sp³-hybridized carbons (Fsp3) is 0.467. The van der Waals surface area contributed by atoms with Gasteiger partial charge in [-0.3, -0.25) is 4.79 Å². The van der Waals surface area contributed by atoms with E-state index in [4.69, 9.17) is 44.3 Å². The highest BCUT2D eigenvalue weighted by atomic mass is 35.5. The van der Waals surface area contributed by atoms with Crippen LogP contribution < -0.4 is 10.1 Å². The zero-order valence-corrected chi connectivity index (χ0v) is 15.1. The molecular formula is C15H18Cl3NO4. The van der Waals surface area contributed by atoms with Gasteiger partial charge in [0.15, 0.2) is 13.2 Å². The van der Waals surface area contributed by atoms with E-state index in [2.05, 4.69) is 5.32 Å². The molecule has 0 saturated carbocycles. The summed E-state index contributed by atoms with van der Waals surface area (Å²) in [5.74, 6) is -0.837. The van der Waals surface area contributed by atoms with Gasteiger partial charge in [-0.25, -0.2) is 4.79 Å². The first-order valence-electron chi connectivity index (χ1n) is 7.05. The Morgan fingerprint density at radius 2 is 1.78 bits per heavy atom. The molecular weight excluding hydrogens is 365 g/mol. The Hall–Kier alpha value is -1.17. The summed E-state index contributed by atoms with van der Waals surface area (Å²) in [4.78, 5) is 23.1. The van der Waals surface area contributed by atoms with E-state index in [1.165, 1.54) is 12.1 Å². The molecule has 0 radical (unpaired) electrons. The molecule has 0 fully saturated rings. The van der Waals surface area contributed by atoms with Crippen LogP contribution in [0.25, 0.3) is 0 Å². The lowest BCUT2D eigenvalue weighted by Crippen LogP contribution is -2.36. The lowest BCUT2D eigenvalue weighted by atomic mass is 10.2. The van der Waals surface area contributed by atoms with E-state index in [0.717, 1.165) is 12.8 Å². The average Bonchev–Trinajstić information content (AvgIpc) is 2.47. The summed E-state index contributed by atoms with van der Waals surface area (Å²) in [6.45, 7) is 3.16. The van der Waals surface area contributed by atoms with Crippen LogP contribution in [0.1, 0.15) is 26.7 Å². The highest BCUT2D eigenvalue weighted by Gasteiger charge is 2.12. The van der Waals surface area contributed by atoms with Crippen molar-refractivity contribution in [2.24, 2.45) is 0 Å². The summed E-state index contributed by atoms with van der Waals surface area (Å²) in [5, 5.41) is 3.48. The SMILES string of the molecule is CCCC(C)NC(=O)COC(=O)COc1cc(Cl)c(Cl)cc1Cl. The normalized spacial score (nSPS) is 11.7. The Bertz CT molecular complexity index is 566. The van der Waals surface area contributed by atoms with Gasteiger partial charge in [0.1, 0.15) is 5.75 Å². The molecule has 128 valence electrons. The first kappa shape index (κ1) is 19.9. The predicted molar refractivity (Wildman–Crippen MR) is 90.4 cm³/mol. The number of rotatable bonds is 8. The number of amides is 1. The maximum atomic E-state index is 11.6. The number of carbonyl (C=O) groups excluding carboxylic acids is 2. The smallest absolute Gasteiger partial charge is 0.344 e. The molecule has 0 spiro atoms. The monoisotopic (exact) mass is 381 g/mol. The van der Waals surface area contributed by atoms with Crippen LogP contribution in [0, 0.1) is 0 Å². The van der Waals surface area contributed by atoms with E-state index in [-0.39, 0.29) is 39.4 Å². The summed E-state index contributed by atoms with van der Waals surface area (Å²) in [7, 11) is 0. The molecule has 1 aromatic rings. The number of nitrogens with one attached hydrogen (secondary N) is 1. The molecule has 0 aromatic heterocycles. The highest BCUT2D eigenvalue weighted by molar-refractivity contribution is 6.43. The first-order chi connectivity index (χ1) is 10.8.